The Bertz CT molecular complexity index is 1020. The van der Waals surface area contributed by atoms with E-state index in [1.165, 1.54) is 11.8 Å². The molecule has 0 heterocycles. The molecule has 0 aliphatic rings. The van der Waals surface area contributed by atoms with E-state index >= 15 is 0 Å². The molecule has 0 saturated heterocycles. The summed E-state index contributed by atoms with van der Waals surface area (Å²) >= 11 is 18.8. The van der Waals surface area contributed by atoms with Crippen molar-refractivity contribution in [2.45, 2.75) is 4.90 Å². The molecular formula is C21H17Cl2N3OS2. The third-order valence-corrected chi connectivity index (χ3v) is 5.46. The van der Waals surface area contributed by atoms with Crippen LogP contribution in [0.5, 0.6) is 0 Å². The van der Waals surface area contributed by atoms with Gasteiger partial charge >= 0.3 is 0 Å². The Balaban J connectivity index is 1.53. The molecule has 0 fully saturated rings. The number of carbonyl (C=O) groups excluding carboxylic acids is 1. The molecule has 0 aromatic heterocycles. The number of halogens is 2. The molecule has 0 aliphatic heterocycles. The number of amides is 1. The van der Waals surface area contributed by atoms with Crippen molar-refractivity contribution in [2.75, 3.05) is 21.7 Å². The highest BCUT2D eigenvalue weighted by Gasteiger charge is 2.08. The maximum absolute atomic E-state index is 12.2. The van der Waals surface area contributed by atoms with Gasteiger partial charge in [0.25, 0.3) is 0 Å². The Morgan fingerprint density at radius 1 is 0.862 bits per heavy atom. The summed E-state index contributed by atoms with van der Waals surface area (Å²) in [5.74, 6) is 0.0673. The van der Waals surface area contributed by atoms with E-state index in [9.17, 15) is 4.79 Å². The van der Waals surface area contributed by atoms with Gasteiger partial charge in [0, 0.05) is 21.3 Å². The zero-order valence-corrected chi connectivity index (χ0v) is 18.3. The van der Waals surface area contributed by atoms with Crippen molar-refractivity contribution in [2.24, 2.45) is 0 Å². The Morgan fingerprint density at radius 2 is 1.59 bits per heavy atom. The number of anilines is 3. The summed E-state index contributed by atoms with van der Waals surface area (Å²) in [5.41, 5.74) is 2.24. The molecule has 0 bridgehead atoms. The fourth-order valence-electron chi connectivity index (χ4n) is 2.41. The zero-order valence-electron chi connectivity index (χ0n) is 15.1. The van der Waals surface area contributed by atoms with Gasteiger partial charge in [-0.25, -0.2) is 0 Å². The second-order valence-corrected chi connectivity index (χ2v) is 8.23. The number of thiocarbonyl (C=S) groups is 1. The minimum Gasteiger partial charge on any atom is -0.332 e. The summed E-state index contributed by atoms with van der Waals surface area (Å²) < 4.78 is 0. The lowest BCUT2D eigenvalue weighted by Crippen LogP contribution is -2.19. The van der Waals surface area contributed by atoms with Crippen LogP contribution < -0.4 is 16.0 Å². The number of thioether (sulfide) groups is 1. The highest BCUT2D eigenvalue weighted by molar-refractivity contribution is 8.00. The van der Waals surface area contributed by atoms with Crippen molar-refractivity contribution in [1.29, 1.82) is 0 Å². The molecule has 4 nitrogen and oxygen atoms in total. The highest BCUT2D eigenvalue weighted by Crippen LogP contribution is 2.26. The molecule has 3 N–H and O–H groups in total. The van der Waals surface area contributed by atoms with Gasteiger partial charge < -0.3 is 16.0 Å². The van der Waals surface area contributed by atoms with Gasteiger partial charge in [0.2, 0.25) is 5.91 Å². The van der Waals surface area contributed by atoms with Crippen LogP contribution in [0.15, 0.2) is 77.7 Å². The van der Waals surface area contributed by atoms with Gasteiger partial charge in [-0.1, -0.05) is 47.5 Å². The van der Waals surface area contributed by atoms with Gasteiger partial charge in [-0.3, -0.25) is 4.79 Å². The van der Waals surface area contributed by atoms with Crippen LogP contribution in [0.25, 0.3) is 0 Å². The SMILES string of the molecule is O=C(CSc1cccc(NC(=S)Nc2ccccc2)c1)Nc1cc(Cl)ccc1Cl. The smallest absolute Gasteiger partial charge is 0.234 e. The van der Waals surface area contributed by atoms with E-state index in [1.807, 2.05) is 54.6 Å². The summed E-state index contributed by atoms with van der Waals surface area (Å²) in [4.78, 5) is 13.2. The molecule has 0 unspecified atom stereocenters. The first kappa shape index (κ1) is 21.5. The lowest BCUT2D eigenvalue weighted by atomic mass is 10.3. The Morgan fingerprint density at radius 3 is 2.38 bits per heavy atom. The number of benzene rings is 3. The lowest BCUT2D eigenvalue weighted by molar-refractivity contribution is -0.113. The minimum absolute atomic E-state index is 0.168. The number of rotatable bonds is 6. The van der Waals surface area contributed by atoms with Crippen LogP contribution in [0.2, 0.25) is 10.0 Å². The van der Waals surface area contributed by atoms with Crippen molar-refractivity contribution < 1.29 is 4.79 Å². The Kier molecular flexibility index (Phi) is 7.77. The van der Waals surface area contributed by atoms with Crippen LogP contribution in [0.4, 0.5) is 17.1 Å². The molecule has 3 aromatic carbocycles. The second kappa shape index (κ2) is 10.5. The molecule has 1 amide bonds. The number of para-hydroxylation sites is 1. The summed E-state index contributed by atoms with van der Waals surface area (Å²) in [5, 5.41) is 10.5. The maximum Gasteiger partial charge on any atom is 0.234 e. The summed E-state index contributed by atoms with van der Waals surface area (Å²) in [6, 6.07) is 22.3. The average Bonchev–Trinajstić information content (AvgIpc) is 2.70. The van der Waals surface area contributed by atoms with Crippen LogP contribution in [0.3, 0.4) is 0 Å². The van der Waals surface area contributed by atoms with Crippen molar-refractivity contribution in [3.8, 4) is 0 Å². The summed E-state index contributed by atoms with van der Waals surface area (Å²) in [6.45, 7) is 0. The predicted molar refractivity (Wildman–Crippen MR) is 129 cm³/mol. The molecular weight excluding hydrogens is 445 g/mol. The van der Waals surface area contributed by atoms with E-state index in [1.54, 1.807) is 18.2 Å². The standard InChI is InChI=1S/C21H17Cl2N3OS2/c22-14-9-10-18(23)19(11-14)26-20(27)13-29-17-8-4-7-16(12-17)25-21(28)24-15-5-2-1-3-6-15/h1-12H,13H2,(H,26,27)(H2,24,25,28). The fraction of sp³-hybridized carbons (Fsp3) is 0.0476. The fourth-order valence-corrected chi connectivity index (χ4v) is 3.73. The highest BCUT2D eigenvalue weighted by atomic mass is 35.5. The van der Waals surface area contributed by atoms with E-state index in [2.05, 4.69) is 16.0 Å². The number of nitrogens with one attached hydrogen (secondary N) is 3. The van der Waals surface area contributed by atoms with Gasteiger partial charge in [0.05, 0.1) is 16.5 Å². The van der Waals surface area contributed by atoms with Crippen LogP contribution >= 0.6 is 47.2 Å². The zero-order chi connectivity index (χ0) is 20.6. The van der Waals surface area contributed by atoms with E-state index in [0.717, 1.165) is 16.3 Å². The van der Waals surface area contributed by atoms with Gasteiger partial charge in [-0.05, 0) is 60.7 Å². The first-order valence-corrected chi connectivity index (χ1v) is 10.8. The van der Waals surface area contributed by atoms with Crippen molar-refractivity contribution in [3.63, 3.8) is 0 Å². The second-order valence-electron chi connectivity index (χ2n) is 5.93. The number of hydrogen-bond donors (Lipinski definition) is 3. The molecule has 3 aromatic rings. The topological polar surface area (TPSA) is 53.2 Å². The van der Waals surface area contributed by atoms with Crippen molar-refractivity contribution in [1.82, 2.24) is 0 Å². The Hall–Kier alpha value is -2.25. The van der Waals surface area contributed by atoms with Crippen molar-refractivity contribution in [3.05, 3.63) is 82.8 Å². The molecule has 0 aliphatic carbocycles. The van der Waals surface area contributed by atoms with Crippen LogP contribution in [0.1, 0.15) is 0 Å². The van der Waals surface area contributed by atoms with Crippen molar-refractivity contribution >= 4 is 75.3 Å². The van der Waals surface area contributed by atoms with Gasteiger partial charge in [-0.2, -0.15) is 0 Å². The van der Waals surface area contributed by atoms with Crippen LogP contribution in [-0.2, 0) is 4.79 Å². The molecule has 29 heavy (non-hydrogen) atoms. The van der Waals surface area contributed by atoms with Crippen LogP contribution in [0, 0.1) is 0 Å². The number of hydrogen-bond acceptors (Lipinski definition) is 3. The first-order chi connectivity index (χ1) is 14.0. The first-order valence-electron chi connectivity index (χ1n) is 8.60. The minimum atomic E-state index is -0.168. The van der Waals surface area contributed by atoms with E-state index < -0.39 is 0 Å². The Labute approximate surface area is 189 Å². The summed E-state index contributed by atoms with van der Waals surface area (Å²) in [7, 11) is 0. The molecule has 0 saturated carbocycles. The quantitative estimate of drug-likeness (QED) is 0.287. The third kappa shape index (κ3) is 6.94. The third-order valence-electron chi connectivity index (χ3n) is 3.70. The largest absolute Gasteiger partial charge is 0.332 e. The molecule has 0 spiro atoms. The molecule has 0 radical (unpaired) electrons. The molecule has 8 heteroatoms. The van der Waals surface area contributed by atoms with Gasteiger partial charge in [0.1, 0.15) is 0 Å². The van der Waals surface area contributed by atoms with E-state index in [0.29, 0.717) is 20.8 Å². The van der Waals surface area contributed by atoms with E-state index in [-0.39, 0.29) is 11.7 Å². The van der Waals surface area contributed by atoms with Gasteiger partial charge in [-0.15, -0.1) is 11.8 Å². The number of carbonyl (C=O) groups is 1. The molecule has 3 rings (SSSR count). The average molecular weight is 462 g/mol. The monoisotopic (exact) mass is 461 g/mol. The maximum atomic E-state index is 12.2. The lowest BCUT2D eigenvalue weighted by Gasteiger charge is -2.11. The normalized spacial score (nSPS) is 10.3. The van der Waals surface area contributed by atoms with Crippen LogP contribution in [-0.4, -0.2) is 16.8 Å². The molecule has 148 valence electrons. The molecule has 0 atom stereocenters. The van der Waals surface area contributed by atoms with E-state index in [4.69, 9.17) is 35.4 Å². The predicted octanol–water partition coefficient (Wildman–Crippen LogP) is 6.53. The summed E-state index contributed by atoms with van der Waals surface area (Å²) in [6.07, 6.45) is 0. The van der Waals surface area contributed by atoms with Gasteiger partial charge in [0.15, 0.2) is 5.11 Å².